The second kappa shape index (κ2) is 8.67. The molecular formula is C25H30N4O4. The summed E-state index contributed by atoms with van der Waals surface area (Å²) in [6, 6.07) is 9.29. The summed E-state index contributed by atoms with van der Waals surface area (Å²) < 4.78 is 8.93. The fourth-order valence-electron chi connectivity index (χ4n) is 5.46. The Labute approximate surface area is 192 Å². The van der Waals surface area contributed by atoms with Crippen molar-refractivity contribution in [2.75, 3.05) is 12.0 Å². The minimum absolute atomic E-state index is 0.0420. The Morgan fingerprint density at radius 2 is 2.06 bits per heavy atom. The molecular weight excluding hydrogens is 420 g/mol. The van der Waals surface area contributed by atoms with Crippen LogP contribution in [0.15, 0.2) is 41.3 Å². The first-order valence-electron chi connectivity index (χ1n) is 11.7. The highest BCUT2D eigenvalue weighted by Crippen LogP contribution is 2.39. The van der Waals surface area contributed by atoms with E-state index in [1.54, 1.807) is 27.8 Å². The topological polar surface area (TPSA) is 89.6 Å². The number of aryl methyl sites for hydroxylation is 1. The number of rotatable bonds is 3. The van der Waals surface area contributed by atoms with E-state index < -0.39 is 0 Å². The number of aliphatic hydroxyl groups excluding tert-OH is 1. The number of pyridine rings is 1. The molecule has 2 aromatic heterocycles. The smallest absolute Gasteiger partial charge is 0.414 e. The number of hydrogen-bond donors (Lipinski definition) is 1. The van der Waals surface area contributed by atoms with Crippen molar-refractivity contribution in [3.05, 3.63) is 58.3 Å². The lowest BCUT2D eigenvalue weighted by molar-refractivity contribution is 0.104. The van der Waals surface area contributed by atoms with Crippen molar-refractivity contribution in [2.45, 2.75) is 70.2 Å². The largest absolute Gasteiger partial charge is 0.452 e. The molecule has 1 aliphatic carbocycles. The number of carbonyl (C=O) groups is 1. The number of fused-ring (bicyclic) bond motifs is 3. The van der Waals surface area contributed by atoms with Gasteiger partial charge in [-0.15, -0.1) is 0 Å². The van der Waals surface area contributed by atoms with E-state index >= 15 is 0 Å². The van der Waals surface area contributed by atoms with Gasteiger partial charge in [0.25, 0.3) is 5.56 Å². The molecule has 1 fully saturated rings. The fraction of sp³-hybridized carbons (Fsp3) is 0.480. The van der Waals surface area contributed by atoms with Crippen LogP contribution in [0.25, 0.3) is 11.0 Å². The minimum atomic E-state index is -0.367. The predicted octanol–water partition coefficient (Wildman–Crippen LogP) is 3.63. The SMILES string of the molecule is COC(=O)N1c2ccc3c(nc(Cn4ccccc4=O)n3[C@@H]3CCC[C@@H](O)C3)c2CC[C@@H]1C. The van der Waals surface area contributed by atoms with Crippen LogP contribution in [0.4, 0.5) is 10.5 Å². The molecule has 1 aromatic carbocycles. The van der Waals surface area contributed by atoms with E-state index in [2.05, 4.69) is 4.57 Å². The third kappa shape index (κ3) is 3.82. The average Bonchev–Trinajstić information content (AvgIpc) is 3.18. The zero-order valence-electron chi connectivity index (χ0n) is 19.1. The van der Waals surface area contributed by atoms with Gasteiger partial charge in [-0.2, -0.15) is 0 Å². The molecule has 0 radical (unpaired) electrons. The Bertz CT molecular complexity index is 1250. The van der Waals surface area contributed by atoms with Crippen LogP contribution in [0, 0.1) is 0 Å². The summed E-state index contributed by atoms with van der Waals surface area (Å²) >= 11 is 0. The lowest BCUT2D eigenvalue weighted by Crippen LogP contribution is -2.42. The number of ether oxygens (including phenoxy) is 1. The standard InChI is InChI=1S/C25H30N4O4/c1-16-9-10-19-20(28(16)25(32)33-2)11-12-21-24(19)26-22(15-27-13-4-3-8-23(27)31)29(21)17-6-5-7-18(30)14-17/h3-4,8,11-13,16-18,30H,5-7,9-10,14-15H2,1-2H3/t16-,17+,18+/m0/s1. The maximum absolute atomic E-state index is 12.5. The molecule has 1 saturated carbocycles. The van der Waals surface area contributed by atoms with Crippen molar-refractivity contribution in [1.29, 1.82) is 0 Å². The molecule has 0 spiro atoms. The molecule has 1 amide bonds. The number of aromatic nitrogens is 3. The normalized spacial score (nSPS) is 22.9. The molecule has 3 heterocycles. The summed E-state index contributed by atoms with van der Waals surface area (Å²) in [5.74, 6) is 0.800. The summed E-state index contributed by atoms with van der Waals surface area (Å²) in [4.78, 5) is 31.7. The Kier molecular flexibility index (Phi) is 5.70. The van der Waals surface area contributed by atoms with Crippen molar-refractivity contribution in [2.24, 2.45) is 0 Å². The highest BCUT2D eigenvalue weighted by atomic mass is 16.5. The second-order valence-corrected chi connectivity index (χ2v) is 9.20. The molecule has 174 valence electrons. The second-order valence-electron chi connectivity index (χ2n) is 9.20. The Morgan fingerprint density at radius 3 is 2.82 bits per heavy atom. The number of carbonyl (C=O) groups excluding carboxylic acids is 1. The van der Waals surface area contributed by atoms with Crippen LogP contribution in [-0.2, 0) is 17.7 Å². The van der Waals surface area contributed by atoms with Gasteiger partial charge in [-0.05, 0) is 63.6 Å². The third-order valence-electron chi connectivity index (χ3n) is 7.09. The van der Waals surface area contributed by atoms with Crippen molar-refractivity contribution in [3.8, 4) is 0 Å². The van der Waals surface area contributed by atoms with E-state index in [0.717, 1.165) is 60.2 Å². The molecule has 0 bridgehead atoms. The van der Waals surface area contributed by atoms with Gasteiger partial charge in [0.2, 0.25) is 0 Å². The van der Waals surface area contributed by atoms with Crippen LogP contribution in [0.5, 0.6) is 0 Å². The van der Waals surface area contributed by atoms with Crippen LogP contribution >= 0.6 is 0 Å². The van der Waals surface area contributed by atoms with Gasteiger partial charge in [0.1, 0.15) is 5.82 Å². The van der Waals surface area contributed by atoms with Gasteiger partial charge in [-0.1, -0.05) is 6.07 Å². The Hall–Kier alpha value is -3.13. The molecule has 1 aliphatic heterocycles. The molecule has 3 atom stereocenters. The van der Waals surface area contributed by atoms with Crippen molar-refractivity contribution >= 4 is 22.8 Å². The molecule has 5 rings (SSSR count). The number of methoxy groups -OCH3 is 1. The molecule has 0 saturated heterocycles. The number of benzene rings is 1. The molecule has 1 N–H and O–H groups in total. The summed E-state index contributed by atoms with van der Waals surface area (Å²) in [6.45, 7) is 2.38. The van der Waals surface area contributed by atoms with Crippen molar-refractivity contribution < 1.29 is 14.6 Å². The van der Waals surface area contributed by atoms with Gasteiger partial charge in [-0.3, -0.25) is 9.69 Å². The zero-order chi connectivity index (χ0) is 23.1. The number of hydrogen-bond acceptors (Lipinski definition) is 5. The van der Waals surface area contributed by atoms with Crippen LogP contribution in [0.1, 0.15) is 56.5 Å². The maximum Gasteiger partial charge on any atom is 0.414 e. The zero-order valence-corrected chi connectivity index (χ0v) is 19.1. The third-order valence-corrected chi connectivity index (χ3v) is 7.09. The van der Waals surface area contributed by atoms with Crippen molar-refractivity contribution in [1.82, 2.24) is 14.1 Å². The van der Waals surface area contributed by atoms with Gasteiger partial charge in [0.15, 0.2) is 0 Å². The van der Waals surface area contributed by atoms with E-state index in [1.807, 2.05) is 25.1 Å². The number of nitrogens with zero attached hydrogens (tertiary/aromatic N) is 4. The van der Waals surface area contributed by atoms with Gasteiger partial charge in [-0.25, -0.2) is 9.78 Å². The molecule has 8 heteroatoms. The lowest BCUT2D eigenvalue weighted by atomic mass is 9.92. The summed E-state index contributed by atoms with van der Waals surface area (Å²) in [6.07, 6.45) is 6.12. The Morgan fingerprint density at radius 1 is 1.21 bits per heavy atom. The summed E-state index contributed by atoms with van der Waals surface area (Å²) in [5.41, 5.74) is 3.66. The van der Waals surface area contributed by atoms with Crippen molar-refractivity contribution in [3.63, 3.8) is 0 Å². The lowest BCUT2D eigenvalue weighted by Gasteiger charge is -2.34. The van der Waals surface area contributed by atoms with E-state index in [1.165, 1.54) is 7.11 Å². The van der Waals surface area contributed by atoms with Gasteiger partial charge >= 0.3 is 6.09 Å². The maximum atomic E-state index is 12.5. The predicted molar refractivity (Wildman–Crippen MR) is 126 cm³/mol. The van der Waals surface area contributed by atoms with Gasteiger partial charge < -0.3 is 19.0 Å². The first kappa shape index (κ1) is 21.7. The number of imidazole rings is 1. The average molecular weight is 451 g/mol. The number of anilines is 1. The molecule has 8 nitrogen and oxygen atoms in total. The molecule has 33 heavy (non-hydrogen) atoms. The fourth-order valence-corrected chi connectivity index (χ4v) is 5.46. The summed E-state index contributed by atoms with van der Waals surface area (Å²) in [5, 5.41) is 10.4. The minimum Gasteiger partial charge on any atom is -0.452 e. The number of aliphatic hydroxyl groups is 1. The quantitative estimate of drug-likeness (QED) is 0.658. The van der Waals surface area contributed by atoms with E-state index in [4.69, 9.17) is 9.72 Å². The highest BCUT2D eigenvalue weighted by Gasteiger charge is 2.33. The van der Waals surface area contributed by atoms with Crippen LogP contribution < -0.4 is 10.5 Å². The number of amides is 1. The van der Waals surface area contributed by atoms with Gasteiger partial charge in [0.05, 0.1) is 36.5 Å². The molecule has 0 unspecified atom stereocenters. The monoisotopic (exact) mass is 450 g/mol. The van der Waals surface area contributed by atoms with Crippen LogP contribution in [-0.4, -0.2) is 44.6 Å². The Balaban J connectivity index is 1.68. The van der Waals surface area contributed by atoms with Gasteiger partial charge in [0, 0.05) is 29.9 Å². The highest BCUT2D eigenvalue weighted by molar-refractivity contribution is 5.95. The molecule has 3 aromatic rings. The first-order chi connectivity index (χ1) is 16.0. The van der Waals surface area contributed by atoms with E-state index in [9.17, 15) is 14.7 Å². The summed E-state index contributed by atoms with van der Waals surface area (Å²) in [7, 11) is 1.40. The van der Waals surface area contributed by atoms with Crippen LogP contribution in [0.3, 0.4) is 0 Å². The first-order valence-corrected chi connectivity index (χ1v) is 11.7. The van der Waals surface area contributed by atoms with E-state index in [-0.39, 0.29) is 29.8 Å². The van der Waals surface area contributed by atoms with E-state index in [0.29, 0.717) is 13.0 Å². The van der Waals surface area contributed by atoms with Crippen LogP contribution in [0.2, 0.25) is 0 Å². The molecule has 2 aliphatic rings.